The Bertz CT molecular complexity index is 255. The zero-order valence-corrected chi connectivity index (χ0v) is 12.2. The number of amides is 1. The first kappa shape index (κ1) is 13.4. The SMILES string of the molecule is O=C(NCC1(CBr)CC1)C1CCCCCCC1. The topological polar surface area (TPSA) is 29.1 Å². The number of hydrogen-bond acceptors (Lipinski definition) is 1. The zero-order chi connectivity index (χ0) is 12.1. The lowest BCUT2D eigenvalue weighted by atomic mass is 9.90. The number of hydrogen-bond donors (Lipinski definition) is 1. The van der Waals surface area contributed by atoms with Crippen LogP contribution in [0, 0.1) is 11.3 Å². The Morgan fingerprint density at radius 3 is 2.24 bits per heavy atom. The minimum atomic E-state index is 0.293. The lowest BCUT2D eigenvalue weighted by Crippen LogP contribution is -2.35. The predicted octanol–water partition coefficient (Wildman–Crippen LogP) is 3.64. The van der Waals surface area contributed by atoms with E-state index < -0.39 is 0 Å². The van der Waals surface area contributed by atoms with E-state index in [0.717, 1.165) is 24.7 Å². The number of halogens is 1. The van der Waals surface area contributed by atoms with Gasteiger partial charge in [0.1, 0.15) is 0 Å². The van der Waals surface area contributed by atoms with Gasteiger partial charge in [-0.3, -0.25) is 4.79 Å². The second-order valence-corrected chi connectivity index (χ2v) is 6.45. The molecule has 98 valence electrons. The average Bonchev–Trinajstić information content (AvgIpc) is 3.06. The molecule has 2 aliphatic rings. The van der Waals surface area contributed by atoms with Crippen LogP contribution in [-0.2, 0) is 4.79 Å². The molecule has 3 heteroatoms. The van der Waals surface area contributed by atoms with Gasteiger partial charge in [-0.15, -0.1) is 0 Å². The van der Waals surface area contributed by atoms with Crippen molar-refractivity contribution < 1.29 is 4.79 Å². The highest BCUT2D eigenvalue weighted by Crippen LogP contribution is 2.46. The van der Waals surface area contributed by atoms with E-state index in [1.807, 2.05) is 0 Å². The maximum atomic E-state index is 12.1. The van der Waals surface area contributed by atoms with E-state index in [4.69, 9.17) is 0 Å². The molecule has 1 N–H and O–H groups in total. The molecule has 2 fully saturated rings. The van der Waals surface area contributed by atoms with Crippen LogP contribution in [0.2, 0.25) is 0 Å². The van der Waals surface area contributed by atoms with Crippen molar-refractivity contribution in [2.75, 3.05) is 11.9 Å². The second kappa shape index (κ2) is 6.21. The van der Waals surface area contributed by atoms with E-state index in [1.165, 1.54) is 44.9 Å². The van der Waals surface area contributed by atoms with Gasteiger partial charge in [0.15, 0.2) is 0 Å². The van der Waals surface area contributed by atoms with Gasteiger partial charge in [-0.2, -0.15) is 0 Å². The lowest BCUT2D eigenvalue weighted by Gasteiger charge is -2.20. The van der Waals surface area contributed by atoms with Crippen LogP contribution in [0.1, 0.15) is 57.8 Å². The highest BCUT2D eigenvalue weighted by atomic mass is 79.9. The summed E-state index contributed by atoms with van der Waals surface area (Å²) in [5.41, 5.74) is 0.400. The fraction of sp³-hybridized carbons (Fsp3) is 0.929. The quantitative estimate of drug-likeness (QED) is 0.789. The third-order valence-electron chi connectivity index (χ3n) is 4.35. The molecule has 17 heavy (non-hydrogen) atoms. The summed E-state index contributed by atoms with van der Waals surface area (Å²) in [6.45, 7) is 0.883. The summed E-state index contributed by atoms with van der Waals surface area (Å²) in [4.78, 5) is 12.1. The monoisotopic (exact) mass is 301 g/mol. The van der Waals surface area contributed by atoms with Crippen molar-refractivity contribution in [3.05, 3.63) is 0 Å². The van der Waals surface area contributed by atoms with Crippen LogP contribution in [0.5, 0.6) is 0 Å². The van der Waals surface area contributed by atoms with Crippen molar-refractivity contribution >= 4 is 21.8 Å². The molecular formula is C14H24BrNO. The van der Waals surface area contributed by atoms with Crippen molar-refractivity contribution in [1.29, 1.82) is 0 Å². The molecule has 2 rings (SSSR count). The maximum Gasteiger partial charge on any atom is 0.223 e. The van der Waals surface area contributed by atoms with Crippen LogP contribution < -0.4 is 5.32 Å². The molecule has 2 saturated carbocycles. The third-order valence-corrected chi connectivity index (χ3v) is 5.54. The Hall–Kier alpha value is -0.0500. The van der Waals surface area contributed by atoms with Gasteiger partial charge in [0.05, 0.1) is 0 Å². The summed E-state index contributed by atoms with van der Waals surface area (Å²) >= 11 is 3.55. The van der Waals surface area contributed by atoms with Crippen LogP contribution in [0.25, 0.3) is 0 Å². The van der Waals surface area contributed by atoms with Gasteiger partial charge < -0.3 is 5.32 Å². The molecule has 0 aromatic heterocycles. The summed E-state index contributed by atoms with van der Waals surface area (Å²) in [6.07, 6.45) is 11.2. The Labute approximate surface area is 113 Å². The smallest absolute Gasteiger partial charge is 0.223 e. The van der Waals surface area contributed by atoms with Gasteiger partial charge in [-0.05, 0) is 31.1 Å². The highest BCUT2D eigenvalue weighted by Gasteiger charge is 2.41. The molecule has 0 atom stereocenters. The Kier molecular flexibility index (Phi) is 4.89. The van der Waals surface area contributed by atoms with Crippen molar-refractivity contribution in [3.8, 4) is 0 Å². The predicted molar refractivity (Wildman–Crippen MR) is 74.3 cm³/mol. The lowest BCUT2D eigenvalue weighted by molar-refractivity contribution is -0.125. The third kappa shape index (κ3) is 3.97. The van der Waals surface area contributed by atoms with E-state index in [9.17, 15) is 4.79 Å². The van der Waals surface area contributed by atoms with Crippen molar-refractivity contribution in [2.24, 2.45) is 11.3 Å². The van der Waals surface area contributed by atoms with Crippen molar-refractivity contribution in [2.45, 2.75) is 57.8 Å². The number of carbonyl (C=O) groups is 1. The molecule has 0 saturated heterocycles. The Balaban J connectivity index is 1.73. The number of carbonyl (C=O) groups excluding carboxylic acids is 1. The molecule has 2 aliphatic carbocycles. The van der Waals surface area contributed by atoms with Crippen LogP contribution in [-0.4, -0.2) is 17.8 Å². The van der Waals surface area contributed by atoms with Gasteiger partial charge in [0.2, 0.25) is 5.91 Å². The van der Waals surface area contributed by atoms with E-state index in [-0.39, 0.29) is 0 Å². The van der Waals surface area contributed by atoms with Gasteiger partial charge >= 0.3 is 0 Å². The molecular weight excluding hydrogens is 278 g/mol. The summed E-state index contributed by atoms with van der Waals surface area (Å²) in [6, 6.07) is 0. The number of rotatable bonds is 4. The van der Waals surface area contributed by atoms with Crippen molar-refractivity contribution in [3.63, 3.8) is 0 Å². The first-order valence-corrected chi connectivity index (χ1v) is 8.22. The first-order chi connectivity index (χ1) is 8.26. The molecule has 0 spiro atoms. The second-order valence-electron chi connectivity index (χ2n) is 5.89. The van der Waals surface area contributed by atoms with Gasteiger partial charge in [-0.1, -0.05) is 48.0 Å². The van der Waals surface area contributed by atoms with E-state index in [2.05, 4.69) is 21.2 Å². The standard InChI is InChI=1S/C14H24BrNO/c15-10-14(8-9-14)11-16-13(17)12-6-4-2-1-3-5-7-12/h12H,1-11H2,(H,16,17). The van der Waals surface area contributed by atoms with E-state index >= 15 is 0 Å². The van der Waals surface area contributed by atoms with Crippen LogP contribution in [0.15, 0.2) is 0 Å². The van der Waals surface area contributed by atoms with Gasteiger partial charge in [0.25, 0.3) is 0 Å². The van der Waals surface area contributed by atoms with Crippen LogP contribution >= 0.6 is 15.9 Å². The zero-order valence-electron chi connectivity index (χ0n) is 10.6. The fourth-order valence-corrected chi connectivity index (χ4v) is 3.43. The number of nitrogens with one attached hydrogen (secondary N) is 1. The molecule has 0 aromatic carbocycles. The van der Waals surface area contributed by atoms with Gasteiger partial charge in [0, 0.05) is 17.8 Å². The Morgan fingerprint density at radius 2 is 1.71 bits per heavy atom. The molecule has 1 amide bonds. The molecule has 0 unspecified atom stereocenters. The van der Waals surface area contributed by atoms with E-state index in [0.29, 0.717) is 17.2 Å². The largest absolute Gasteiger partial charge is 0.355 e. The number of alkyl halides is 1. The normalized spacial score (nSPS) is 24.8. The van der Waals surface area contributed by atoms with Gasteiger partial charge in [-0.25, -0.2) is 0 Å². The molecule has 0 aliphatic heterocycles. The molecule has 0 heterocycles. The summed E-state index contributed by atoms with van der Waals surface area (Å²) in [7, 11) is 0. The summed E-state index contributed by atoms with van der Waals surface area (Å²) < 4.78 is 0. The Morgan fingerprint density at radius 1 is 1.12 bits per heavy atom. The highest BCUT2D eigenvalue weighted by molar-refractivity contribution is 9.09. The molecule has 2 nitrogen and oxygen atoms in total. The molecule has 0 aromatic rings. The summed E-state index contributed by atoms with van der Waals surface area (Å²) in [5.74, 6) is 0.612. The maximum absolute atomic E-state index is 12.1. The average molecular weight is 302 g/mol. The first-order valence-electron chi connectivity index (χ1n) is 7.09. The van der Waals surface area contributed by atoms with Crippen LogP contribution in [0.4, 0.5) is 0 Å². The fourth-order valence-electron chi connectivity index (χ4n) is 2.67. The minimum absolute atomic E-state index is 0.293. The van der Waals surface area contributed by atoms with Crippen molar-refractivity contribution in [1.82, 2.24) is 5.32 Å². The molecule has 0 bridgehead atoms. The summed E-state index contributed by atoms with van der Waals surface area (Å²) in [5, 5.41) is 4.22. The molecule has 0 radical (unpaired) electrons. The van der Waals surface area contributed by atoms with E-state index in [1.54, 1.807) is 0 Å². The minimum Gasteiger partial charge on any atom is -0.355 e. The van der Waals surface area contributed by atoms with Crippen LogP contribution in [0.3, 0.4) is 0 Å².